The summed E-state index contributed by atoms with van der Waals surface area (Å²) in [6.45, 7) is 8.16. The summed E-state index contributed by atoms with van der Waals surface area (Å²) in [7, 11) is 0. The summed E-state index contributed by atoms with van der Waals surface area (Å²) < 4.78 is 5.99. The van der Waals surface area contributed by atoms with Crippen LogP contribution in [0.4, 0.5) is 0 Å². The molecule has 2 saturated heterocycles. The molecule has 0 amide bonds. The zero-order valence-corrected chi connectivity index (χ0v) is 18.8. The minimum Gasteiger partial charge on any atom is -0.462 e. The Balaban J connectivity index is 1.20. The Kier molecular flexibility index (Phi) is 5.51. The number of carbonyl (C=O) groups excluding carboxylic acids is 1. The van der Waals surface area contributed by atoms with Crippen molar-refractivity contribution in [3.63, 3.8) is 0 Å². The van der Waals surface area contributed by atoms with E-state index in [1.54, 1.807) is 16.0 Å². The maximum absolute atomic E-state index is 12.9. The molecule has 1 aromatic rings. The van der Waals surface area contributed by atoms with Gasteiger partial charge in [0.1, 0.15) is 12.0 Å². The lowest BCUT2D eigenvalue weighted by molar-refractivity contribution is -0.908. The van der Waals surface area contributed by atoms with Crippen LogP contribution in [-0.4, -0.2) is 31.7 Å². The van der Waals surface area contributed by atoms with E-state index in [0.29, 0.717) is 5.92 Å². The third-order valence-electron chi connectivity index (χ3n) is 8.87. The van der Waals surface area contributed by atoms with Crippen LogP contribution < -0.4 is 4.90 Å². The molecule has 0 spiro atoms. The van der Waals surface area contributed by atoms with Crippen molar-refractivity contribution in [3.8, 4) is 0 Å². The summed E-state index contributed by atoms with van der Waals surface area (Å²) in [5.41, 5.74) is 5.03. The number of allylic oxidation sites excluding steroid dienone is 2. The van der Waals surface area contributed by atoms with Gasteiger partial charge in [0.15, 0.2) is 0 Å². The number of hydrogen-bond donors (Lipinski definition) is 1. The Morgan fingerprint density at radius 3 is 2.70 bits per heavy atom. The third-order valence-corrected chi connectivity index (χ3v) is 8.87. The number of nitrogens with one attached hydrogen (secondary N) is 1. The minimum absolute atomic E-state index is 0.101. The van der Waals surface area contributed by atoms with Gasteiger partial charge >= 0.3 is 5.97 Å². The first-order valence-electron chi connectivity index (χ1n) is 12.3. The number of hydrogen-bond acceptors (Lipinski definition) is 2. The van der Waals surface area contributed by atoms with Crippen molar-refractivity contribution in [2.24, 2.45) is 23.2 Å². The predicted octanol–water partition coefficient (Wildman–Crippen LogP) is 3.98. The Bertz CT molecular complexity index is 807. The molecule has 1 N–H and O–H groups in total. The van der Waals surface area contributed by atoms with Gasteiger partial charge in [0.25, 0.3) is 0 Å². The highest BCUT2D eigenvalue weighted by molar-refractivity contribution is 5.75. The molecule has 2 aliphatic heterocycles. The smallest absolute Gasteiger partial charge is 0.315 e. The van der Waals surface area contributed by atoms with Crippen LogP contribution in [0.2, 0.25) is 0 Å². The molecule has 4 aliphatic rings. The molecule has 4 atom stereocenters. The number of quaternary nitrogens is 1. The summed E-state index contributed by atoms with van der Waals surface area (Å²) in [6.07, 6.45) is 9.91. The molecule has 0 aromatic heterocycles. The second kappa shape index (κ2) is 8.15. The van der Waals surface area contributed by atoms with Crippen molar-refractivity contribution in [2.75, 3.05) is 19.6 Å². The number of benzene rings is 1. The summed E-state index contributed by atoms with van der Waals surface area (Å²) in [5.74, 6) is 1.43. The summed E-state index contributed by atoms with van der Waals surface area (Å²) >= 11 is 0. The fourth-order valence-electron chi connectivity index (χ4n) is 7.10. The van der Waals surface area contributed by atoms with Crippen LogP contribution in [0.5, 0.6) is 0 Å². The van der Waals surface area contributed by atoms with E-state index < -0.39 is 0 Å². The molecule has 3 fully saturated rings. The standard InChI is InChI=1S/C27H37NO2/c1-19-7-6-12-27(2)17-25-22(16-24(19)27)23(26(29)30-25)18-28-13-10-21(11-14-28)15-20-8-4-3-5-9-20/h3-5,8-9,21-23,25H,6-7,10-18H2,1-2H3/p+1/t22-,23-,25-,27-/m1/s1. The maximum Gasteiger partial charge on any atom is 0.315 e. The molecule has 2 aliphatic carbocycles. The van der Waals surface area contributed by atoms with Crippen LogP contribution in [0.25, 0.3) is 0 Å². The Labute approximate surface area is 181 Å². The molecule has 3 nitrogen and oxygen atoms in total. The first-order chi connectivity index (χ1) is 14.5. The topological polar surface area (TPSA) is 30.7 Å². The van der Waals surface area contributed by atoms with Crippen molar-refractivity contribution < 1.29 is 14.4 Å². The lowest BCUT2D eigenvalue weighted by Gasteiger charge is -2.45. The monoisotopic (exact) mass is 408 g/mol. The maximum atomic E-state index is 12.9. The quantitative estimate of drug-likeness (QED) is 0.603. The molecule has 1 aromatic carbocycles. The lowest BCUT2D eigenvalue weighted by atomic mass is 9.59. The number of likely N-dealkylation sites (tertiary alicyclic amines) is 1. The van der Waals surface area contributed by atoms with Gasteiger partial charge in [-0.3, -0.25) is 4.79 Å². The van der Waals surface area contributed by atoms with E-state index >= 15 is 0 Å². The van der Waals surface area contributed by atoms with E-state index in [0.717, 1.165) is 25.3 Å². The third kappa shape index (κ3) is 3.86. The molecular weight excluding hydrogens is 370 g/mol. The van der Waals surface area contributed by atoms with E-state index in [4.69, 9.17) is 4.74 Å². The van der Waals surface area contributed by atoms with E-state index in [1.807, 2.05) is 0 Å². The number of fused-ring (bicyclic) bond motifs is 2. The molecule has 0 bridgehead atoms. The van der Waals surface area contributed by atoms with Crippen LogP contribution in [-0.2, 0) is 16.0 Å². The van der Waals surface area contributed by atoms with Gasteiger partial charge < -0.3 is 9.64 Å². The second-order valence-electron chi connectivity index (χ2n) is 10.9. The van der Waals surface area contributed by atoms with Crippen molar-refractivity contribution in [2.45, 2.75) is 71.3 Å². The summed E-state index contributed by atoms with van der Waals surface area (Å²) in [4.78, 5) is 14.5. The van der Waals surface area contributed by atoms with E-state index in [9.17, 15) is 4.79 Å². The Hall–Kier alpha value is -1.61. The van der Waals surface area contributed by atoms with Gasteiger partial charge in [-0.15, -0.1) is 0 Å². The van der Waals surface area contributed by atoms with Crippen molar-refractivity contribution >= 4 is 5.97 Å². The normalized spacial score (nSPS) is 38.7. The van der Waals surface area contributed by atoms with Gasteiger partial charge in [-0.05, 0) is 75.2 Å². The molecule has 2 heterocycles. The van der Waals surface area contributed by atoms with Crippen LogP contribution in [0.3, 0.4) is 0 Å². The minimum atomic E-state index is 0.101. The zero-order valence-electron chi connectivity index (χ0n) is 18.8. The van der Waals surface area contributed by atoms with Crippen molar-refractivity contribution in [3.05, 3.63) is 47.0 Å². The number of ether oxygens (including phenoxy) is 1. The Morgan fingerprint density at radius 2 is 1.93 bits per heavy atom. The second-order valence-corrected chi connectivity index (χ2v) is 10.9. The highest BCUT2D eigenvalue weighted by Gasteiger charge is 2.54. The first-order valence-corrected chi connectivity index (χ1v) is 12.3. The van der Waals surface area contributed by atoms with Gasteiger partial charge in [-0.2, -0.15) is 0 Å². The molecule has 3 heteroatoms. The fraction of sp³-hybridized carbons (Fsp3) is 0.667. The molecular formula is C27H38NO2+. The van der Waals surface area contributed by atoms with Gasteiger partial charge in [-0.25, -0.2) is 0 Å². The fourth-order valence-corrected chi connectivity index (χ4v) is 7.10. The van der Waals surface area contributed by atoms with Crippen LogP contribution in [0.1, 0.15) is 64.4 Å². The highest BCUT2D eigenvalue weighted by Crippen LogP contribution is 2.54. The van der Waals surface area contributed by atoms with Crippen LogP contribution >= 0.6 is 0 Å². The van der Waals surface area contributed by atoms with Crippen LogP contribution in [0.15, 0.2) is 41.5 Å². The van der Waals surface area contributed by atoms with Gasteiger partial charge in [0.2, 0.25) is 0 Å². The SMILES string of the molecule is CC1=C2C[C@H]3[C@@H](C[C@@]2(C)CCC1)OC(=O)[C@@H]3C[NH+]1CCC(Cc2ccccc2)CC1. The van der Waals surface area contributed by atoms with Gasteiger partial charge in [0, 0.05) is 5.92 Å². The number of esters is 1. The average Bonchev–Trinajstić information content (AvgIpc) is 3.02. The Morgan fingerprint density at radius 1 is 1.17 bits per heavy atom. The molecule has 1 saturated carbocycles. The molecule has 5 rings (SSSR count). The molecule has 0 unspecified atom stereocenters. The lowest BCUT2D eigenvalue weighted by Crippen LogP contribution is -3.14. The van der Waals surface area contributed by atoms with Crippen LogP contribution in [0, 0.1) is 23.2 Å². The summed E-state index contributed by atoms with van der Waals surface area (Å²) in [5, 5.41) is 0. The van der Waals surface area contributed by atoms with E-state index in [1.165, 1.54) is 57.2 Å². The summed E-state index contributed by atoms with van der Waals surface area (Å²) in [6, 6.07) is 10.9. The zero-order chi connectivity index (χ0) is 20.7. The van der Waals surface area contributed by atoms with Crippen molar-refractivity contribution in [1.82, 2.24) is 0 Å². The number of rotatable bonds is 4. The molecule has 30 heavy (non-hydrogen) atoms. The number of piperidine rings is 1. The van der Waals surface area contributed by atoms with Crippen molar-refractivity contribution in [1.29, 1.82) is 0 Å². The number of carbonyl (C=O) groups is 1. The van der Waals surface area contributed by atoms with Gasteiger partial charge in [0.05, 0.1) is 19.6 Å². The molecule has 0 radical (unpaired) electrons. The average molecular weight is 409 g/mol. The highest BCUT2D eigenvalue weighted by atomic mass is 16.6. The first kappa shape index (κ1) is 20.3. The predicted molar refractivity (Wildman–Crippen MR) is 119 cm³/mol. The van der Waals surface area contributed by atoms with E-state index in [2.05, 4.69) is 44.2 Å². The van der Waals surface area contributed by atoms with Gasteiger partial charge in [-0.1, -0.05) is 48.4 Å². The van der Waals surface area contributed by atoms with E-state index in [-0.39, 0.29) is 23.4 Å². The largest absolute Gasteiger partial charge is 0.462 e. The molecule has 162 valence electrons.